The minimum atomic E-state index is 0. The van der Waals surface area contributed by atoms with Crippen LogP contribution in [0.15, 0.2) is 24.3 Å². The number of morpholine rings is 1. The molecular weight excluding hydrogens is 385 g/mol. The number of amides is 1. The molecule has 154 valence electrons. The predicted molar refractivity (Wildman–Crippen MR) is 115 cm³/mol. The van der Waals surface area contributed by atoms with Gasteiger partial charge in [-0.25, -0.2) is 0 Å². The maximum Gasteiger partial charge on any atom is 0.220 e. The number of halogens is 2. The van der Waals surface area contributed by atoms with Gasteiger partial charge in [-0.3, -0.25) is 4.79 Å². The molecule has 0 aliphatic carbocycles. The normalized spacial score (nSPS) is 20.8. The van der Waals surface area contributed by atoms with Crippen LogP contribution in [0.5, 0.6) is 0 Å². The van der Waals surface area contributed by atoms with Crippen LogP contribution in [-0.2, 0) is 16.1 Å². The van der Waals surface area contributed by atoms with Gasteiger partial charge in [0, 0.05) is 31.7 Å². The number of nitrogens with zero attached hydrogens (tertiary/aromatic N) is 1. The van der Waals surface area contributed by atoms with Crippen LogP contribution in [0.25, 0.3) is 0 Å². The molecule has 2 unspecified atom stereocenters. The summed E-state index contributed by atoms with van der Waals surface area (Å²) in [4.78, 5) is 14.7. The number of benzene rings is 1. The van der Waals surface area contributed by atoms with E-state index in [9.17, 15) is 4.79 Å². The maximum absolute atomic E-state index is 12.4. The van der Waals surface area contributed by atoms with E-state index in [1.54, 1.807) is 0 Å². The molecule has 2 aliphatic rings. The molecule has 1 amide bonds. The zero-order chi connectivity index (χ0) is 17.5. The highest BCUT2D eigenvalue weighted by Crippen LogP contribution is 2.23. The third kappa shape index (κ3) is 7.15. The number of carbonyl (C=O) groups is 1. The minimum Gasteiger partial charge on any atom is -0.378 e. The lowest BCUT2D eigenvalue weighted by atomic mass is 9.85. The summed E-state index contributed by atoms with van der Waals surface area (Å²) in [6, 6.07) is 8.36. The van der Waals surface area contributed by atoms with Gasteiger partial charge in [0.25, 0.3) is 0 Å². The molecule has 3 rings (SSSR count). The van der Waals surface area contributed by atoms with Crippen LogP contribution in [0.3, 0.4) is 0 Å². The molecule has 5 nitrogen and oxygen atoms in total. The fourth-order valence-electron chi connectivity index (χ4n) is 3.86. The third-order valence-electron chi connectivity index (χ3n) is 5.47. The van der Waals surface area contributed by atoms with E-state index >= 15 is 0 Å². The first-order valence-corrected chi connectivity index (χ1v) is 9.62. The highest BCUT2D eigenvalue weighted by molar-refractivity contribution is 5.85. The van der Waals surface area contributed by atoms with Crippen LogP contribution in [0.4, 0.5) is 5.69 Å². The Kier molecular flexibility index (Phi) is 11.1. The van der Waals surface area contributed by atoms with Crippen LogP contribution in [0.1, 0.15) is 31.7 Å². The largest absolute Gasteiger partial charge is 0.378 e. The Morgan fingerprint density at radius 1 is 1.30 bits per heavy atom. The number of para-hydroxylation sites is 1. The number of piperidine rings is 1. The Hall–Kier alpha value is -1.01. The number of hydrogen-bond acceptors (Lipinski definition) is 4. The van der Waals surface area contributed by atoms with Crippen molar-refractivity contribution in [2.75, 3.05) is 44.3 Å². The topological polar surface area (TPSA) is 53.6 Å². The summed E-state index contributed by atoms with van der Waals surface area (Å²) in [6.07, 6.45) is 3.08. The lowest BCUT2D eigenvalue weighted by molar-refractivity contribution is -0.122. The monoisotopic (exact) mass is 417 g/mol. The van der Waals surface area contributed by atoms with Crippen molar-refractivity contribution in [2.45, 2.75) is 32.7 Å². The van der Waals surface area contributed by atoms with Gasteiger partial charge in [-0.2, -0.15) is 0 Å². The van der Waals surface area contributed by atoms with Crippen molar-refractivity contribution in [2.24, 2.45) is 11.8 Å². The molecule has 0 saturated carbocycles. The molecule has 2 heterocycles. The second-order valence-corrected chi connectivity index (χ2v) is 7.29. The zero-order valence-corrected chi connectivity index (χ0v) is 17.7. The molecule has 7 heteroatoms. The summed E-state index contributed by atoms with van der Waals surface area (Å²) in [5.74, 6) is 1.22. The fourth-order valence-corrected chi connectivity index (χ4v) is 3.86. The summed E-state index contributed by atoms with van der Waals surface area (Å²) in [6.45, 7) is 8.34. The van der Waals surface area contributed by atoms with Crippen LogP contribution in [0.2, 0.25) is 0 Å². The Labute approximate surface area is 175 Å². The van der Waals surface area contributed by atoms with Crippen molar-refractivity contribution in [3.05, 3.63) is 29.8 Å². The molecule has 1 aromatic carbocycles. The summed E-state index contributed by atoms with van der Waals surface area (Å²) < 4.78 is 5.44. The molecule has 2 N–H and O–H groups in total. The Balaban J connectivity index is 0.00000182. The van der Waals surface area contributed by atoms with E-state index in [-0.39, 0.29) is 30.7 Å². The van der Waals surface area contributed by atoms with E-state index in [1.165, 1.54) is 24.1 Å². The van der Waals surface area contributed by atoms with E-state index in [4.69, 9.17) is 4.74 Å². The lowest BCUT2D eigenvalue weighted by Crippen LogP contribution is -2.37. The maximum atomic E-state index is 12.4. The van der Waals surface area contributed by atoms with Gasteiger partial charge in [-0.05, 0) is 49.4 Å². The summed E-state index contributed by atoms with van der Waals surface area (Å²) in [5.41, 5.74) is 2.40. The highest BCUT2D eigenvalue weighted by Gasteiger charge is 2.22. The number of hydrogen-bond donors (Lipinski definition) is 2. The first-order chi connectivity index (χ1) is 12.2. The minimum absolute atomic E-state index is 0. The number of nitrogens with one attached hydrogen (secondary N) is 2. The molecule has 0 aromatic heterocycles. The average Bonchev–Trinajstić information content (AvgIpc) is 2.68. The van der Waals surface area contributed by atoms with E-state index in [2.05, 4.69) is 40.7 Å². The van der Waals surface area contributed by atoms with Crippen molar-refractivity contribution in [3.8, 4) is 0 Å². The smallest absolute Gasteiger partial charge is 0.220 e. The Morgan fingerprint density at radius 3 is 2.74 bits per heavy atom. The van der Waals surface area contributed by atoms with Gasteiger partial charge in [-0.1, -0.05) is 25.1 Å². The van der Waals surface area contributed by atoms with Crippen LogP contribution < -0.4 is 15.5 Å². The second kappa shape index (κ2) is 12.4. The third-order valence-corrected chi connectivity index (χ3v) is 5.47. The molecule has 27 heavy (non-hydrogen) atoms. The molecule has 0 spiro atoms. The Morgan fingerprint density at radius 2 is 2.04 bits per heavy atom. The lowest BCUT2D eigenvalue weighted by Gasteiger charge is -2.31. The predicted octanol–water partition coefficient (Wildman–Crippen LogP) is 3.01. The summed E-state index contributed by atoms with van der Waals surface area (Å²) in [5, 5.41) is 6.57. The number of anilines is 1. The fraction of sp³-hybridized carbons (Fsp3) is 0.650. The van der Waals surface area contributed by atoms with Gasteiger partial charge in [-0.15, -0.1) is 24.8 Å². The quantitative estimate of drug-likeness (QED) is 0.746. The SMILES string of the molecule is CC(CC(=O)NCc1ccccc1N1CCOCC1)C1CCCNC1.Cl.Cl. The number of rotatable bonds is 6. The van der Waals surface area contributed by atoms with Crippen molar-refractivity contribution < 1.29 is 9.53 Å². The van der Waals surface area contributed by atoms with Crippen molar-refractivity contribution in [3.63, 3.8) is 0 Å². The first-order valence-electron chi connectivity index (χ1n) is 9.62. The first kappa shape index (κ1) is 24.0. The summed E-state index contributed by atoms with van der Waals surface area (Å²) in [7, 11) is 0. The average molecular weight is 418 g/mol. The van der Waals surface area contributed by atoms with Crippen molar-refractivity contribution in [1.82, 2.24) is 10.6 Å². The molecule has 2 fully saturated rings. The second-order valence-electron chi connectivity index (χ2n) is 7.29. The van der Waals surface area contributed by atoms with Gasteiger partial charge >= 0.3 is 0 Å². The molecular formula is C20H33Cl2N3O2. The Bertz CT molecular complexity index is 562. The molecule has 1 aromatic rings. The van der Waals surface area contributed by atoms with Gasteiger partial charge in [0.2, 0.25) is 5.91 Å². The van der Waals surface area contributed by atoms with Gasteiger partial charge in [0.05, 0.1) is 13.2 Å². The van der Waals surface area contributed by atoms with Gasteiger partial charge < -0.3 is 20.3 Å². The van der Waals surface area contributed by atoms with E-state index in [0.29, 0.717) is 24.8 Å². The van der Waals surface area contributed by atoms with Crippen LogP contribution in [0, 0.1) is 11.8 Å². The van der Waals surface area contributed by atoms with Crippen LogP contribution in [-0.4, -0.2) is 45.3 Å². The standard InChI is InChI=1S/C20H31N3O2.2ClH/c1-16(17-6-4-8-21-14-17)13-20(24)22-15-18-5-2-3-7-19(18)23-9-11-25-12-10-23;;/h2-3,5,7,16-17,21H,4,6,8-15H2,1H3,(H,22,24);2*1H. The molecule has 0 radical (unpaired) electrons. The van der Waals surface area contributed by atoms with Crippen molar-refractivity contribution in [1.29, 1.82) is 0 Å². The van der Waals surface area contributed by atoms with Gasteiger partial charge in [0.15, 0.2) is 0 Å². The number of carbonyl (C=O) groups excluding carboxylic acids is 1. The highest BCUT2D eigenvalue weighted by atomic mass is 35.5. The molecule has 0 bridgehead atoms. The number of ether oxygens (including phenoxy) is 1. The molecule has 2 atom stereocenters. The molecule has 2 saturated heterocycles. The van der Waals surface area contributed by atoms with Gasteiger partial charge in [0.1, 0.15) is 0 Å². The zero-order valence-electron chi connectivity index (χ0n) is 16.1. The van der Waals surface area contributed by atoms with E-state index in [0.717, 1.165) is 39.4 Å². The van der Waals surface area contributed by atoms with Crippen LogP contribution >= 0.6 is 24.8 Å². The molecule has 2 aliphatic heterocycles. The summed E-state index contributed by atoms with van der Waals surface area (Å²) >= 11 is 0. The van der Waals surface area contributed by atoms with Crippen molar-refractivity contribution >= 4 is 36.4 Å². The van der Waals surface area contributed by atoms with E-state index < -0.39 is 0 Å². The van der Waals surface area contributed by atoms with E-state index in [1.807, 2.05) is 6.07 Å².